The molecular weight excluding hydrogens is 330 g/mol. The van der Waals surface area contributed by atoms with Crippen LogP contribution in [0.25, 0.3) is 11.2 Å². The number of fused-ring (bicyclic) bond motifs is 4. The van der Waals surface area contributed by atoms with Crippen molar-refractivity contribution in [3.63, 3.8) is 0 Å². The average molecular weight is 351 g/mol. The molecule has 1 atom stereocenters. The Morgan fingerprint density at radius 1 is 1.08 bits per heavy atom. The Morgan fingerprint density at radius 2 is 1.88 bits per heavy atom. The van der Waals surface area contributed by atoms with Gasteiger partial charge < -0.3 is 4.57 Å². The minimum absolute atomic E-state index is 0.262. The SMILES string of the molecule is Cn1c(=O)c2c(nc3n2CCN([C@H]2CCc4ccccc42)C3)n(C)c1=O. The Balaban J connectivity index is 1.59. The van der Waals surface area contributed by atoms with Gasteiger partial charge in [-0.2, -0.15) is 0 Å². The number of benzene rings is 1. The van der Waals surface area contributed by atoms with Crippen molar-refractivity contribution in [3.05, 3.63) is 62.1 Å². The zero-order valence-corrected chi connectivity index (χ0v) is 15.0. The molecule has 0 fully saturated rings. The first-order chi connectivity index (χ1) is 12.6. The maximum absolute atomic E-state index is 12.6. The van der Waals surface area contributed by atoms with Crippen LogP contribution in [0.1, 0.15) is 29.4 Å². The number of hydrogen-bond acceptors (Lipinski definition) is 4. The minimum Gasteiger partial charge on any atom is -0.320 e. The minimum atomic E-state index is -0.334. The highest BCUT2D eigenvalue weighted by Gasteiger charge is 2.32. The van der Waals surface area contributed by atoms with Crippen LogP contribution in [-0.4, -0.2) is 30.1 Å². The van der Waals surface area contributed by atoms with E-state index in [0.717, 1.165) is 36.3 Å². The summed E-state index contributed by atoms with van der Waals surface area (Å²) in [4.78, 5) is 31.9. The highest BCUT2D eigenvalue weighted by atomic mass is 16.2. The van der Waals surface area contributed by atoms with Crippen molar-refractivity contribution in [2.24, 2.45) is 14.1 Å². The molecule has 3 aromatic rings. The second kappa shape index (κ2) is 5.41. The zero-order valence-electron chi connectivity index (χ0n) is 15.0. The van der Waals surface area contributed by atoms with E-state index < -0.39 is 0 Å². The van der Waals surface area contributed by atoms with Crippen LogP contribution < -0.4 is 11.2 Å². The Morgan fingerprint density at radius 3 is 2.73 bits per heavy atom. The van der Waals surface area contributed by atoms with Crippen LogP contribution in [0.4, 0.5) is 0 Å². The summed E-state index contributed by atoms with van der Waals surface area (Å²) in [7, 11) is 3.20. The third-order valence-corrected chi connectivity index (χ3v) is 5.92. The van der Waals surface area contributed by atoms with Gasteiger partial charge in [0.1, 0.15) is 5.82 Å². The van der Waals surface area contributed by atoms with Crippen molar-refractivity contribution < 1.29 is 0 Å². The van der Waals surface area contributed by atoms with Crippen LogP contribution in [0.2, 0.25) is 0 Å². The summed E-state index contributed by atoms with van der Waals surface area (Å²) >= 11 is 0. The van der Waals surface area contributed by atoms with Gasteiger partial charge in [-0.05, 0) is 24.0 Å². The van der Waals surface area contributed by atoms with Gasteiger partial charge in [0, 0.05) is 33.2 Å². The topological polar surface area (TPSA) is 65.1 Å². The standard InChI is InChI=1S/C19H21N5O2/c1-21-17-16(18(25)22(2)19(21)26)24-10-9-23(11-15(24)20-17)14-8-7-12-5-3-4-6-13(12)14/h3-6,14H,7-11H2,1-2H3/t14-/m0/s1. The normalized spacial score (nSPS) is 19.7. The number of aryl methyl sites for hydroxylation is 2. The molecule has 7 nitrogen and oxygen atoms in total. The third-order valence-electron chi connectivity index (χ3n) is 5.92. The van der Waals surface area contributed by atoms with E-state index in [1.54, 1.807) is 7.05 Å². The molecule has 0 unspecified atom stereocenters. The summed E-state index contributed by atoms with van der Waals surface area (Å²) < 4.78 is 4.63. The second-order valence-corrected chi connectivity index (χ2v) is 7.28. The van der Waals surface area contributed by atoms with E-state index >= 15 is 0 Å². The number of imidazole rings is 1. The van der Waals surface area contributed by atoms with Crippen LogP contribution >= 0.6 is 0 Å². The fourth-order valence-corrected chi connectivity index (χ4v) is 4.52. The highest BCUT2D eigenvalue weighted by Crippen LogP contribution is 2.37. The molecule has 0 amide bonds. The predicted molar refractivity (Wildman–Crippen MR) is 98.1 cm³/mol. The molecule has 3 heterocycles. The molecule has 2 aromatic heterocycles. The first-order valence-electron chi connectivity index (χ1n) is 9.03. The molecule has 7 heteroatoms. The lowest BCUT2D eigenvalue weighted by atomic mass is 10.1. The fourth-order valence-electron chi connectivity index (χ4n) is 4.52. The maximum Gasteiger partial charge on any atom is 0.332 e. The first-order valence-corrected chi connectivity index (χ1v) is 9.03. The van der Waals surface area contributed by atoms with E-state index in [-0.39, 0.29) is 11.2 Å². The van der Waals surface area contributed by atoms with Crippen LogP contribution in [0.5, 0.6) is 0 Å². The third kappa shape index (κ3) is 2.00. The maximum atomic E-state index is 12.6. The molecule has 0 bridgehead atoms. The van der Waals surface area contributed by atoms with Gasteiger partial charge in [-0.3, -0.25) is 18.8 Å². The highest BCUT2D eigenvalue weighted by molar-refractivity contribution is 5.71. The number of aromatic nitrogens is 4. The molecule has 1 aromatic carbocycles. The van der Waals surface area contributed by atoms with Gasteiger partial charge in [-0.1, -0.05) is 24.3 Å². The van der Waals surface area contributed by atoms with Crippen molar-refractivity contribution in [3.8, 4) is 0 Å². The molecule has 2 aliphatic rings. The van der Waals surface area contributed by atoms with Gasteiger partial charge in [0.15, 0.2) is 11.2 Å². The van der Waals surface area contributed by atoms with Gasteiger partial charge in [0.05, 0.1) is 6.54 Å². The molecule has 5 rings (SSSR count). The molecular formula is C19H21N5O2. The largest absolute Gasteiger partial charge is 0.332 e. The van der Waals surface area contributed by atoms with E-state index in [1.165, 1.54) is 22.7 Å². The quantitative estimate of drug-likeness (QED) is 0.654. The van der Waals surface area contributed by atoms with Crippen molar-refractivity contribution in [2.45, 2.75) is 32.0 Å². The predicted octanol–water partition coefficient (Wildman–Crippen LogP) is 0.937. The Bertz CT molecular complexity index is 1150. The van der Waals surface area contributed by atoms with Gasteiger partial charge in [-0.15, -0.1) is 0 Å². The lowest BCUT2D eigenvalue weighted by molar-refractivity contribution is 0.153. The van der Waals surface area contributed by atoms with Crippen molar-refractivity contribution >= 4 is 11.2 Å². The summed E-state index contributed by atoms with van der Waals surface area (Å²) in [5.74, 6) is 0.869. The summed E-state index contributed by atoms with van der Waals surface area (Å²) in [6.07, 6.45) is 2.24. The fraction of sp³-hybridized carbons (Fsp3) is 0.421. The summed E-state index contributed by atoms with van der Waals surface area (Å²) in [5, 5.41) is 0. The van der Waals surface area contributed by atoms with Gasteiger partial charge in [0.2, 0.25) is 0 Å². The molecule has 0 saturated heterocycles. The molecule has 0 saturated carbocycles. The molecule has 1 aliphatic heterocycles. The molecule has 0 N–H and O–H groups in total. The summed E-state index contributed by atoms with van der Waals surface area (Å²) in [6, 6.07) is 9.06. The average Bonchev–Trinajstić information content (AvgIpc) is 3.25. The van der Waals surface area contributed by atoms with E-state index in [4.69, 9.17) is 0 Å². The Hall–Kier alpha value is -2.67. The molecule has 26 heavy (non-hydrogen) atoms. The molecule has 1 aliphatic carbocycles. The number of hydrogen-bond donors (Lipinski definition) is 0. The smallest absolute Gasteiger partial charge is 0.320 e. The van der Waals surface area contributed by atoms with E-state index in [2.05, 4.69) is 34.1 Å². The Labute approximate surface area is 150 Å². The summed E-state index contributed by atoms with van der Waals surface area (Å²) in [5.41, 5.74) is 3.28. The van der Waals surface area contributed by atoms with E-state index in [1.807, 2.05) is 4.57 Å². The van der Waals surface area contributed by atoms with Crippen LogP contribution in [0, 0.1) is 0 Å². The van der Waals surface area contributed by atoms with Crippen LogP contribution in [-0.2, 0) is 33.6 Å². The van der Waals surface area contributed by atoms with Crippen molar-refractivity contribution in [1.29, 1.82) is 0 Å². The monoisotopic (exact) mass is 351 g/mol. The van der Waals surface area contributed by atoms with Crippen LogP contribution in [0.3, 0.4) is 0 Å². The number of rotatable bonds is 1. The van der Waals surface area contributed by atoms with E-state index in [0.29, 0.717) is 23.8 Å². The lowest BCUT2D eigenvalue weighted by Gasteiger charge is -2.33. The lowest BCUT2D eigenvalue weighted by Crippen LogP contribution is -2.39. The van der Waals surface area contributed by atoms with E-state index in [9.17, 15) is 9.59 Å². The Kier molecular flexibility index (Phi) is 3.24. The van der Waals surface area contributed by atoms with Crippen LogP contribution in [0.15, 0.2) is 33.9 Å². The molecule has 0 radical (unpaired) electrons. The zero-order chi connectivity index (χ0) is 18.0. The first kappa shape index (κ1) is 15.6. The van der Waals surface area contributed by atoms with Gasteiger partial charge in [0.25, 0.3) is 5.56 Å². The van der Waals surface area contributed by atoms with Gasteiger partial charge in [-0.25, -0.2) is 9.78 Å². The molecule has 0 spiro atoms. The van der Waals surface area contributed by atoms with Crippen molar-refractivity contribution in [1.82, 2.24) is 23.6 Å². The van der Waals surface area contributed by atoms with Crippen molar-refractivity contribution in [2.75, 3.05) is 6.54 Å². The summed E-state index contributed by atoms with van der Waals surface area (Å²) in [6.45, 7) is 2.30. The number of nitrogens with zero attached hydrogens (tertiary/aromatic N) is 5. The van der Waals surface area contributed by atoms with Gasteiger partial charge >= 0.3 is 5.69 Å². The second-order valence-electron chi connectivity index (χ2n) is 7.28. The molecule has 134 valence electrons.